The van der Waals surface area contributed by atoms with Gasteiger partial charge in [0.2, 0.25) is 0 Å². The zero-order valence-electron chi connectivity index (χ0n) is 22.5. The van der Waals surface area contributed by atoms with E-state index >= 15 is 0 Å². The minimum atomic E-state index is 0.491. The van der Waals surface area contributed by atoms with Crippen molar-refractivity contribution >= 4 is 32.7 Å². The highest BCUT2D eigenvalue weighted by atomic mass is 15.0. The van der Waals surface area contributed by atoms with E-state index in [1.165, 1.54) is 32.7 Å². The Morgan fingerprint density at radius 3 is 1.42 bits per heavy atom. The van der Waals surface area contributed by atoms with E-state index in [4.69, 9.17) is 0 Å². The summed E-state index contributed by atoms with van der Waals surface area (Å²) in [6, 6.07) is 33.6. The fourth-order valence-corrected chi connectivity index (χ4v) is 4.76. The van der Waals surface area contributed by atoms with Crippen LogP contribution in [0.2, 0.25) is 0 Å². The largest absolute Gasteiger partial charge is 0.352 e. The molecule has 3 heteroatoms. The molecule has 0 N–H and O–H groups in total. The van der Waals surface area contributed by atoms with E-state index < -0.39 is 0 Å². The Labute approximate surface area is 215 Å². The maximum atomic E-state index is 2.41. The summed E-state index contributed by atoms with van der Waals surface area (Å²) in [5.74, 6) is 0. The van der Waals surface area contributed by atoms with Crippen molar-refractivity contribution in [3.63, 3.8) is 0 Å². The Morgan fingerprint density at radius 1 is 0.444 bits per heavy atom. The molecule has 0 aliphatic carbocycles. The Balaban J connectivity index is 0.000000135. The predicted octanol–water partition coefficient (Wildman–Crippen LogP) is 9.67. The van der Waals surface area contributed by atoms with Gasteiger partial charge in [-0.2, -0.15) is 0 Å². The number of para-hydroxylation sites is 3. The van der Waals surface area contributed by atoms with Gasteiger partial charge in [0.15, 0.2) is 0 Å². The summed E-state index contributed by atoms with van der Waals surface area (Å²) < 4.78 is 6.86. The average molecular weight is 478 g/mol. The third-order valence-corrected chi connectivity index (χ3v) is 6.54. The summed E-state index contributed by atoms with van der Waals surface area (Å²) in [7, 11) is 0. The van der Waals surface area contributed by atoms with Gasteiger partial charge < -0.3 is 13.7 Å². The molecule has 0 bridgehead atoms. The van der Waals surface area contributed by atoms with Crippen molar-refractivity contribution < 1.29 is 0 Å². The molecule has 0 atom stereocenters. The summed E-state index contributed by atoms with van der Waals surface area (Å²) in [4.78, 5) is 0. The number of nitrogens with zero attached hydrogens (tertiary/aromatic N) is 3. The molecule has 0 amide bonds. The van der Waals surface area contributed by atoms with Crippen LogP contribution in [0.1, 0.15) is 59.7 Å². The van der Waals surface area contributed by atoms with Crippen LogP contribution in [0.15, 0.2) is 110 Å². The minimum Gasteiger partial charge on any atom is -0.352 e. The van der Waals surface area contributed by atoms with Gasteiger partial charge in [-0.25, -0.2) is 0 Å². The van der Waals surface area contributed by atoms with E-state index in [1.807, 2.05) is 12.1 Å². The highest BCUT2D eigenvalue weighted by Crippen LogP contribution is 2.31. The lowest BCUT2D eigenvalue weighted by atomic mass is 10.2. The lowest BCUT2D eigenvalue weighted by molar-refractivity contribution is 0.604. The summed E-state index contributed by atoms with van der Waals surface area (Å²) in [5, 5.41) is 4.03. The number of rotatable bonds is 3. The Hall–Kier alpha value is -3.72. The molecule has 0 saturated heterocycles. The van der Waals surface area contributed by atoms with Gasteiger partial charge in [0.25, 0.3) is 0 Å². The summed E-state index contributed by atoms with van der Waals surface area (Å²) >= 11 is 0. The number of fused-ring (bicyclic) bond motifs is 4. The van der Waals surface area contributed by atoms with E-state index in [9.17, 15) is 0 Å². The second-order valence-corrected chi connectivity index (χ2v) is 10.1. The van der Waals surface area contributed by atoms with Crippen molar-refractivity contribution in [3.05, 3.63) is 110 Å². The van der Waals surface area contributed by atoms with Gasteiger partial charge in [-0.05, 0) is 83.3 Å². The lowest BCUT2D eigenvalue weighted by Gasteiger charge is -2.10. The molecule has 6 aromatic rings. The highest BCUT2D eigenvalue weighted by Gasteiger charge is 2.10. The molecule has 6 rings (SSSR count). The molecule has 0 saturated carbocycles. The molecule has 186 valence electrons. The van der Waals surface area contributed by atoms with E-state index in [2.05, 4.69) is 153 Å². The second-order valence-electron chi connectivity index (χ2n) is 10.1. The zero-order valence-corrected chi connectivity index (χ0v) is 22.5. The molecule has 3 heterocycles. The van der Waals surface area contributed by atoms with Gasteiger partial charge in [0.05, 0.1) is 0 Å². The minimum absolute atomic E-state index is 0.491. The van der Waals surface area contributed by atoms with Crippen LogP contribution in [0.25, 0.3) is 32.7 Å². The van der Waals surface area contributed by atoms with Crippen LogP contribution >= 0.6 is 0 Å². The smallest absolute Gasteiger partial charge is 0.0493 e. The molecule has 36 heavy (non-hydrogen) atoms. The van der Waals surface area contributed by atoms with E-state index in [0.29, 0.717) is 18.1 Å². The SMILES string of the molecule is CC(C)n1c2ccccc2c2ccccc21.CC(C)n1ccc2ccccc21.CC(C)n1cccc1. The summed E-state index contributed by atoms with van der Waals surface area (Å²) in [6.45, 7) is 13.2. The first-order valence-corrected chi connectivity index (χ1v) is 13.0. The van der Waals surface area contributed by atoms with Crippen molar-refractivity contribution in [2.24, 2.45) is 0 Å². The number of hydrogen-bond acceptors (Lipinski definition) is 0. The molecular weight excluding hydrogens is 438 g/mol. The summed E-state index contributed by atoms with van der Waals surface area (Å²) in [5.41, 5.74) is 3.99. The first-order chi connectivity index (χ1) is 17.4. The van der Waals surface area contributed by atoms with Gasteiger partial charge in [0.1, 0.15) is 0 Å². The van der Waals surface area contributed by atoms with Crippen LogP contribution in [-0.2, 0) is 0 Å². The first kappa shape index (κ1) is 25.4. The quantitative estimate of drug-likeness (QED) is 0.241. The van der Waals surface area contributed by atoms with Crippen LogP contribution in [0, 0.1) is 0 Å². The van der Waals surface area contributed by atoms with E-state index in [0.717, 1.165) is 0 Å². The number of benzene rings is 3. The molecule has 3 aromatic carbocycles. The third-order valence-electron chi connectivity index (χ3n) is 6.54. The molecule has 0 aliphatic heterocycles. The molecule has 0 unspecified atom stereocenters. The van der Waals surface area contributed by atoms with Gasteiger partial charge in [-0.15, -0.1) is 0 Å². The van der Waals surface area contributed by atoms with Crippen LogP contribution in [-0.4, -0.2) is 13.7 Å². The van der Waals surface area contributed by atoms with Crippen molar-refractivity contribution in [2.75, 3.05) is 0 Å². The van der Waals surface area contributed by atoms with Crippen molar-refractivity contribution in [3.8, 4) is 0 Å². The van der Waals surface area contributed by atoms with Crippen LogP contribution in [0.3, 0.4) is 0 Å². The van der Waals surface area contributed by atoms with Gasteiger partial charge in [0, 0.05) is 64.0 Å². The van der Waals surface area contributed by atoms with Crippen molar-refractivity contribution in [1.29, 1.82) is 0 Å². The topological polar surface area (TPSA) is 14.8 Å². The zero-order chi connectivity index (χ0) is 25.7. The maximum Gasteiger partial charge on any atom is 0.0493 e. The van der Waals surface area contributed by atoms with Crippen LogP contribution < -0.4 is 0 Å². The van der Waals surface area contributed by atoms with E-state index in [-0.39, 0.29) is 0 Å². The third kappa shape index (κ3) is 5.41. The van der Waals surface area contributed by atoms with Crippen molar-refractivity contribution in [2.45, 2.75) is 59.7 Å². The first-order valence-electron chi connectivity index (χ1n) is 13.0. The van der Waals surface area contributed by atoms with E-state index in [1.54, 1.807) is 0 Å². The Kier molecular flexibility index (Phi) is 8.00. The second kappa shape index (κ2) is 11.3. The molecule has 0 fully saturated rings. The maximum absolute atomic E-state index is 2.41. The predicted molar refractivity (Wildman–Crippen MR) is 157 cm³/mol. The molecule has 0 spiro atoms. The molecule has 3 nitrogen and oxygen atoms in total. The van der Waals surface area contributed by atoms with Crippen molar-refractivity contribution in [1.82, 2.24) is 13.7 Å². The monoisotopic (exact) mass is 477 g/mol. The standard InChI is InChI=1S/C15H15N.C11H13N.C7H11N/c1-11(2)16-14-9-5-3-7-12(14)13-8-4-6-10-15(13)16;1-9(2)12-8-7-10-5-3-4-6-11(10)12;1-7(2)8-5-3-4-6-8/h3-11H,1-2H3;3-9H,1-2H3;3-7H,1-2H3. The van der Waals surface area contributed by atoms with Crippen LogP contribution in [0.4, 0.5) is 0 Å². The normalized spacial score (nSPS) is 11.2. The van der Waals surface area contributed by atoms with Crippen LogP contribution in [0.5, 0.6) is 0 Å². The number of hydrogen-bond donors (Lipinski definition) is 0. The van der Waals surface area contributed by atoms with Gasteiger partial charge >= 0.3 is 0 Å². The summed E-state index contributed by atoms with van der Waals surface area (Å²) in [6.07, 6.45) is 6.30. The fraction of sp³-hybridized carbons (Fsp3) is 0.273. The Morgan fingerprint density at radius 2 is 0.944 bits per heavy atom. The average Bonchev–Trinajstić information content (AvgIpc) is 3.62. The highest BCUT2D eigenvalue weighted by molar-refractivity contribution is 6.08. The van der Waals surface area contributed by atoms with Gasteiger partial charge in [-0.3, -0.25) is 0 Å². The molecule has 0 radical (unpaired) electrons. The molecule has 3 aromatic heterocycles. The lowest BCUT2D eigenvalue weighted by Crippen LogP contribution is -1.99. The molecule has 0 aliphatic rings. The number of aromatic nitrogens is 3. The fourth-order valence-electron chi connectivity index (χ4n) is 4.76. The Bertz CT molecular complexity index is 1460. The van der Waals surface area contributed by atoms with Gasteiger partial charge in [-0.1, -0.05) is 54.6 Å². The molecular formula is C33H39N3.